The van der Waals surface area contributed by atoms with Gasteiger partial charge in [-0.15, -0.1) is 11.3 Å². The van der Waals surface area contributed by atoms with E-state index in [1.807, 2.05) is 17.5 Å². The number of para-hydroxylation sites is 2. The first-order chi connectivity index (χ1) is 12.1. The van der Waals surface area contributed by atoms with Crippen molar-refractivity contribution in [3.63, 3.8) is 0 Å². The second kappa shape index (κ2) is 7.80. The first-order valence-corrected chi connectivity index (χ1v) is 8.48. The molecule has 130 valence electrons. The van der Waals surface area contributed by atoms with Gasteiger partial charge in [0.1, 0.15) is 12.3 Å². The molecular weight excluding hydrogens is 344 g/mol. The highest BCUT2D eigenvalue weighted by Crippen LogP contribution is 2.31. The third kappa shape index (κ3) is 4.36. The van der Waals surface area contributed by atoms with Crippen molar-refractivity contribution in [3.8, 4) is 5.75 Å². The molecule has 7 nitrogen and oxygen atoms in total. The van der Waals surface area contributed by atoms with Crippen molar-refractivity contribution in [1.29, 1.82) is 0 Å². The van der Waals surface area contributed by atoms with Crippen LogP contribution in [0.25, 0.3) is 0 Å². The Bertz CT molecular complexity index is 775. The van der Waals surface area contributed by atoms with Gasteiger partial charge in [-0.1, -0.05) is 18.2 Å². The van der Waals surface area contributed by atoms with Crippen LogP contribution in [-0.4, -0.2) is 37.5 Å². The van der Waals surface area contributed by atoms with E-state index >= 15 is 0 Å². The Kier molecular flexibility index (Phi) is 5.30. The van der Waals surface area contributed by atoms with E-state index in [-0.39, 0.29) is 25.7 Å². The molecule has 0 bridgehead atoms. The van der Waals surface area contributed by atoms with E-state index in [1.165, 1.54) is 16.2 Å². The van der Waals surface area contributed by atoms with Crippen LogP contribution in [0.2, 0.25) is 0 Å². The summed E-state index contributed by atoms with van der Waals surface area (Å²) in [4.78, 5) is 38.0. The molecule has 0 atom stereocenters. The summed E-state index contributed by atoms with van der Waals surface area (Å²) in [5.74, 6) is -0.854. The largest absolute Gasteiger partial charge is 0.482 e. The fraction of sp³-hybridized carbons (Fsp3) is 0.235. The third-order valence-electron chi connectivity index (χ3n) is 3.50. The first-order valence-electron chi connectivity index (χ1n) is 7.60. The lowest BCUT2D eigenvalue weighted by Crippen LogP contribution is -2.43. The van der Waals surface area contributed by atoms with Crippen molar-refractivity contribution in [2.24, 2.45) is 0 Å². The monoisotopic (exact) mass is 360 g/mol. The van der Waals surface area contributed by atoms with Crippen LogP contribution in [0.15, 0.2) is 41.8 Å². The molecule has 1 N–H and O–H groups in total. The van der Waals surface area contributed by atoms with Gasteiger partial charge in [0, 0.05) is 4.88 Å². The average Bonchev–Trinajstić information content (AvgIpc) is 3.14. The second-order valence-electron chi connectivity index (χ2n) is 5.25. The molecule has 1 aliphatic rings. The Balaban J connectivity index is 1.49. The molecule has 2 amide bonds. The molecule has 0 saturated heterocycles. The second-order valence-corrected chi connectivity index (χ2v) is 6.29. The number of esters is 1. The van der Waals surface area contributed by atoms with Crippen molar-refractivity contribution >= 4 is 34.8 Å². The van der Waals surface area contributed by atoms with Crippen molar-refractivity contribution in [3.05, 3.63) is 46.7 Å². The van der Waals surface area contributed by atoms with Gasteiger partial charge in [0.15, 0.2) is 13.2 Å². The fourth-order valence-electron chi connectivity index (χ4n) is 2.30. The van der Waals surface area contributed by atoms with Crippen molar-refractivity contribution in [2.75, 3.05) is 24.7 Å². The molecule has 0 unspecified atom stereocenters. The maximum Gasteiger partial charge on any atom is 0.326 e. The minimum Gasteiger partial charge on any atom is -0.482 e. The minimum absolute atomic E-state index is 0.133. The molecule has 2 aromatic rings. The zero-order chi connectivity index (χ0) is 17.6. The Hall–Kier alpha value is -2.87. The predicted molar refractivity (Wildman–Crippen MR) is 91.4 cm³/mol. The smallest absolute Gasteiger partial charge is 0.326 e. The van der Waals surface area contributed by atoms with Gasteiger partial charge in [0.05, 0.1) is 12.2 Å². The number of fused-ring (bicyclic) bond motifs is 1. The highest BCUT2D eigenvalue weighted by Gasteiger charge is 2.27. The third-order valence-corrected chi connectivity index (χ3v) is 4.38. The Morgan fingerprint density at radius 1 is 1.24 bits per heavy atom. The standard InChI is InChI=1S/C17H16N2O5S/c20-15(18-8-12-4-3-7-25-12)10-24-17(22)9-19-13-5-1-2-6-14(13)23-11-16(19)21/h1-7H,8-11H2,(H,18,20). The van der Waals surface area contributed by atoms with Crippen LogP contribution >= 0.6 is 11.3 Å². The van der Waals surface area contributed by atoms with Gasteiger partial charge in [0.2, 0.25) is 0 Å². The van der Waals surface area contributed by atoms with Gasteiger partial charge in [-0.05, 0) is 23.6 Å². The number of carbonyl (C=O) groups is 3. The van der Waals surface area contributed by atoms with Gasteiger partial charge in [-0.25, -0.2) is 0 Å². The lowest BCUT2D eigenvalue weighted by molar-refractivity contribution is -0.147. The molecule has 0 saturated carbocycles. The molecule has 0 aliphatic carbocycles. The van der Waals surface area contributed by atoms with Crippen molar-refractivity contribution in [1.82, 2.24) is 5.32 Å². The van der Waals surface area contributed by atoms with E-state index in [9.17, 15) is 14.4 Å². The molecule has 3 rings (SSSR count). The zero-order valence-electron chi connectivity index (χ0n) is 13.3. The summed E-state index contributed by atoms with van der Waals surface area (Å²) in [7, 11) is 0. The highest BCUT2D eigenvalue weighted by molar-refractivity contribution is 7.09. The summed E-state index contributed by atoms with van der Waals surface area (Å²) >= 11 is 1.53. The molecule has 1 aromatic carbocycles. The molecule has 0 spiro atoms. The van der Waals surface area contributed by atoms with Gasteiger partial charge in [-0.3, -0.25) is 19.3 Å². The topological polar surface area (TPSA) is 84.9 Å². The fourth-order valence-corrected chi connectivity index (χ4v) is 2.94. The van der Waals surface area contributed by atoms with Crippen LogP contribution in [0.1, 0.15) is 4.88 Å². The normalized spacial score (nSPS) is 13.0. The summed E-state index contributed by atoms with van der Waals surface area (Å²) in [5.41, 5.74) is 0.512. The van der Waals surface area contributed by atoms with Crippen LogP contribution in [0.4, 0.5) is 5.69 Å². The summed E-state index contributed by atoms with van der Waals surface area (Å²) < 4.78 is 10.3. The number of benzene rings is 1. The number of nitrogens with one attached hydrogen (secondary N) is 1. The summed E-state index contributed by atoms with van der Waals surface area (Å²) in [6.07, 6.45) is 0. The van der Waals surface area contributed by atoms with Crippen LogP contribution in [-0.2, 0) is 25.7 Å². The van der Waals surface area contributed by atoms with Crippen molar-refractivity contribution < 1.29 is 23.9 Å². The predicted octanol–water partition coefficient (Wildman–Crippen LogP) is 1.33. The maximum absolute atomic E-state index is 12.0. The molecular formula is C17H16N2O5S. The van der Waals surface area contributed by atoms with Gasteiger partial charge >= 0.3 is 5.97 Å². The number of nitrogens with zero attached hydrogens (tertiary/aromatic N) is 1. The maximum atomic E-state index is 12.0. The molecule has 25 heavy (non-hydrogen) atoms. The summed E-state index contributed by atoms with van der Waals surface area (Å²) in [5, 5.41) is 4.58. The number of rotatable bonds is 6. The average molecular weight is 360 g/mol. The number of anilines is 1. The first kappa shape index (κ1) is 17.0. The van der Waals surface area contributed by atoms with E-state index in [1.54, 1.807) is 24.3 Å². The Morgan fingerprint density at radius 3 is 2.88 bits per heavy atom. The minimum atomic E-state index is -0.656. The van der Waals surface area contributed by atoms with Crippen LogP contribution < -0.4 is 15.0 Å². The van der Waals surface area contributed by atoms with E-state index in [0.29, 0.717) is 18.0 Å². The summed E-state index contributed by atoms with van der Waals surface area (Å²) in [6, 6.07) is 10.7. The van der Waals surface area contributed by atoms with E-state index in [2.05, 4.69) is 5.32 Å². The molecule has 1 aromatic heterocycles. The molecule has 2 heterocycles. The van der Waals surface area contributed by atoms with E-state index in [0.717, 1.165) is 4.88 Å². The summed E-state index contributed by atoms with van der Waals surface area (Å²) in [6.45, 7) is -0.392. The van der Waals surface area contributed by atoms with Crippen LogP contribution in [0.5, 0.6) is 5.75 Å². The zero-order valence-corrected chi connectivity index (χ0v) is 14.1. The quantitative estimate of drug-likeness (QED) is 0.786. The molecule has 0 radical (unpaired) electrons. The Morgan fingerprint density at radius 2 is 2.08 bits per heavy atom. The molecule has 8 heteroatoms. The van der Waals surface area contributed by atoms with Crippen LogP contribution in [0, 0.1) is 0 Å². The SMILES string of the molecule is O=C(COC(=O)CN1C(=O)COc2ccccc21)NCc1cccs1. The molecule has 1 aliphatic heterocycles. The van der Waals surface area contributed by atoms with Crippen LogP contribution in [0.3, 0.4) is 0 Å². The van der Waals surface area contributed by atoms with Crippen molar-refractivity contribution in [2.45, 2.75) is 6.54 Å². The van der Waals surface area contributed by atoms with E-state index in [4.69, 9.17) is 9.47 Å². The van der Waals surface area contributed by atoms with E-state index < -0.39 is 11.9 Å². The Labute approximate surface area is 148 Å². The van der Waals surface area contributed by atoms with Gasteiger partial charge in [0.25, 0.3) is 11.8 Å². The number of hydrogen-bond donors (Lipinski definition) is 1. The number of ether oxygens (including phenoxy) is 2. The highest BCUT2D eigenvalue weighted by atomic mass is 32.1. The number of hydrogen-bond acceptors (Lipinski definition) is 6. The molecule has 0 fully saturated rings. The number of thiophene rings is 1. The van der Waals surface area contributed by atoms with Gasteiger partial charge in [-0.2, -0.15) is 0 Å². The number of amides is 2. The lowest BCUT2D eigenvalue weighted by Gasteiger charge is -2.28. The lowest BCUT2D eigenvalue weighted by atomic mass is 10.2. The van der Waals surface area contributed by atoms with Gasteiger partial charge < -0.3 is 14.8 Å². The number of carbonyl (C=O) groups excluding carboxylic acids is 3.